The summed E-state index contributed by atoms with van der Waals surface area (Å²) < 4.78 is 14.2. The number of fused-ring (bicyclic) bond motifs is 1. The first-order chi connectivity index (χ1) is 12.6. The molecule has 0 amide bonds. The Hall–Kier alpha value is -2.44. The summed E-state index contributed by atoms with van der Waals surface area (Å²) in [6.07, 6.45) is 7.50. The van der Waals surface area contributed by atoms with Crippen LogP contribution in [0.1, 0.15) is 22.4 Å². The highest BCUT2D eigenvalue weighted by molar-refractivity contribution is 6.32. The average molecular weight is 370 g/mol. The molecule has 0 unspecified atom stereocenters. The molecule has 0 saturated heterocycles. The third-order valence-electron chi connectivity index (χ3n) is 4.59. The summed E-state index contributed by atoms with van der Waals surface area (Å²) in [4.78, 5) is 19.3. The Labute approximate surface area is 155 Å². The van der Waals surface area contributed by atoms with E-state index >= 15 is 0 Å². The van der Waals surface area contributed by atoms with Crippen LogP contribution >= 0.6 is 11.6 Å². The molecule has 26 heavy (non-hydrogen) atoms. The highest BCUT2D eigenvalue weighted by Crippen LogP contribution is 2.27. The molecular formula is C19H17ClFN5. The lowest BCUT2D eigenvalue weighted by Gasteiger charge is -2.28. The van der Waals surface area contributed by atoms with E-state index in [0.29, 0.717) is 29.5 Å². The summed E-state index contributed by atoms with van der Waals surface area (Å²) in [7, 11) is 0. The molecule has 7 heteroatoms. The maximum Gasteiger partial charge on any atom is 0.162 e. The van der Waals surface area contributed by atoms with Gasteiger partial charge in [-0.25, -0.2) is 24.3 Å². The lowest BCUT2D eigenvalue weighted by atomic mass is 10.0. The molecule has 5 nitrogen and oxygen atoms in total. The van der Waals surface area contributed by atoms with Gasteiger partial charge in [-0.1, -0.05) is 17.7 Å². The Morgan fingerprint density at radius 3 is 2.81 bits per heavy atom. The number of halogens is 2. The van der Waals surface area contributed by atoms with Crippen molar-refractivity contribution in [3.8, 4) is 11.4 Å². The van der Waals surface area contributed by atoms with Crippen molar-refractivity contribution in [1.29, 1.82) is 0 Å². The third kappa shape index (κ3) is 3.30. The van der Waals surface area contributed by atoms with Crippen LogP contribution in [0.2, 0.25) is 5.02 Å². The number of rotatable bonds is 3. The first-order valence-corrected chi connectivity index (χ1v) is 8.75. The van der Waals surface area contributed by atoms with Crippen LogP contribution in [0.5, 0.6) is 0 Å². The van der Waals surface area contributed by atoms with Gasteiger partial charge in [-0.2, -0.15) is 0 Å². The standard InChI is InChI=1S/C19H17ClFN5/c1-12-2-3-16(21)15(18(12)20)10-26-5-4-17-14(9-26)8-24-19(25-17)13-6-22-11-23-7-13/h2-3,6-8,11H,4-5,9-10H2,1H3. The molecule has 0 atom stereocenters. The molecule has 0 fully saturated rings. The minimum Gasteiger partial charge on any atom is -0.294 e. The fraction of sp³-hybridized carbons (Fsp3) is 0.263. The second kappa shape index (κ2) is 7.05. The molecule has 0 N–H and O–H groups in total. The molecule has 3 aromatic rings. The highest BCUT2D eigenvalue weighted by Gasteiger charge is 2.21. The molecule has 4 rings (SSSR count). The van der Waals surface area contributed by atoms with E-state index in [9.17, 15) is 4.39 Å². The lowest BCUT2D eigenvalue weighted by Crippen LogP contribution is -2.31. The smallest absolute Gasteiger partial charge is 0.162 e. The summed E-state index contributed by atoms with van der Waals surface area (Å²) in [5.41, 5.74) is 4.31. The Balaban J connectivity index is 1.55. The largest absolute Gasteiger partial charge is 0.294 e. The Morgan fingerprint density at radius 1 is 1.19 bits per heavy atom. The van der Waals surface area contributed by atoms with Crippen molar-refractivity contribution < 1.29 is 4.39 Å². The number of hydrogen-bond donors (Lipinski definition) is 0. The molecule has 3 heterocycles. The molecular weight excluding hydrogens is 353 g/mol. The van der Waals surface area contributed by atoms with Crippen molar-refractivity contribution in [1.82, 2.24) is 24.8 Å². The van der Waals surface area contributed by atoms with Crippen LogP contribution in [0.15, 0.2) is 37.1 Å². The van der Waals surface area contributed by atoms with E-state index in [-0.39, 0.29) is 5.82 Å². The maximum absolute atomic E-state index is 14.2. The number of aryl methyl sites for hydroxylation is 1. The van der Waals surface area contributed by atoms with Crippen LogP contribution in [-0.2, 0) is 19.5 Å². The molecule has 132 valence electrons. The average Bonchev–Trinajstić information content (AvgIpc) is 2.68. The number of hydrogen-bond acceptors (Lipinski definition) is 5. The number of aromatic nitrogens is 4. The summed E-state index contributed by atoms with van der Waals surface area (Å²) >= 11 is 6.30. The minimum absolute atomic E-state index is 0.262. The lowest BCUT2D eigenvalue weighted by molar-refractivity contribution is 0.239. The summed E-state index contributed by atoms with van der Waals surface area (Å²) in [6.45, 7) is 3.82. The molecule has 1 aromatic carbocycles. The highest BCUT2D eigenvalue weighted by atomic mass is 35.5. The Morgan fingerprint density at radius 2 is 2.00 bits per heavy atom. The van der Waals surface area contributed by atoms with Crippen LogP contribution < -0.4 is 0 Å². The predicted molar refractivity (Wildman–Crippen MR) is 97.0 cm³/mol. The number of nitrogens with zero attached hydrogens (tertiary/aromatic N) is 5. The fourth-order valence-corrected chi connectivity index (χ4v) is 3.36. The van der Waals surface area contributed by atoms with Crippen LogP contribution in [0.4, 0.5) is 4.39 Å². The van der Waals surface area contributed by atoms with Gasteiger partial charge < -0.3 is 0 Å². The summed E-state index contributed by atoms with van der Waals surface area (Å²) in [6, 6.07) is 3.18. The van der Waals surface area contributed by atoms with E-state index in [4.69, 9.17) is 11.6 Å². The van der Waals surface area contributed by atoms with Gasteiger partial charge >= 0.3 is 0 Å². The molecule has 1 aliphatic heterocycles. The first-order valence-electron chi connectivity index (χ1n) is 8.38. The van der Waals surface area contributed by atoms with Gasteiger partial charge in [0.2, 0.25) is 0 Å². The summed E-state index contributed by atoms with van der Waals surface area (Å²) in [5, 5.41) is 0.506. The van der Waals surface area contributed by atoms with Crippen LogP contribution in [-0.4, -0.2) is 31.4 Å². The Bertz CT molecular complexity index is 948. The van der Waals surface area contributed by atoms with Gasteiger partial charge in [-0.3, -0.25) is 4.90 Å². The van der Waals surface area contributed by atoms with Crippen LogP contribution in [0.3, 0.4) is 0 Å². The monoisotopic (exact) mass is 369 g/mol. The van der Waals surface area contributed by atoms with Gasteiger partial charge in [0.15, 0.2) is 5.82 Å². The molecule has 0 spiro atoms. The zero-order valence-electron chi connectivity index (χ0n) is 14.3. The third-order valence-corrected chi connectivity index (χ3v) is 5.12. The van der Waals surface area contributed by atoms with Gasteiger partial charge in [-0.05, 0) is 18.6 Å². The zero-order valence-corrected chi connectivity index (χ0v) is 15.0. The molecule has 0 aliphatic carbocycles. The predicted octanol–water partition coefficient (Wildman–Crippen LogP) is 3.59. The van der Waals surface area contributed by atoms with E-state index in [0.717, 1.165) is 35.3 Å². The quantitative estimate of drug-likeness (QED) is 0.706. The second-order valence-corrected chi connectivity index (χ2v) is 6.79. The van der Waals surface area contributed by atoms with Gasteiger partial charge in [0.05, 0.1) is 16.3 Å². The van der Waals surface area contributed by atoms with Crippen molar-refractivity contribution in [2.75, 3.05) is 6.54 Å². The van der Waals surface area contributed by atoms with Crippen molar-refractivity contribution in [2.24, 2.45) is 0 Å². The molecule has 0 radical (unpaired) electrons. The second-order valence-electron chi connectivity index (χ2n) is 6.41. The van der Waals surface area contributed by atoms with Gasteiger partial charge in [0, 0.05) is 55.8 Å². The van der Waals surface area contributed by atoms with Gasteiger partial charge in [-0.15, -0.1) is 0 Å². The molecule has 1 aliphatic rings. The van der Waals surface area contributed by atoms with Gasteiger partial charge in [0.25, 0.3) is 0 Å². The molecule has 0 bridgehead atoms. The SMILES string of the molecule is Cc1ccc(F)c(CN2CCc3nc(-c4cncnc4)ncc3C2)c1Cl. The normalized spacial score (nSPS) is 14.3. The summed E-state index contributed by atoms with van der Waals surface area (Å²) in [5.74, 6) is 0.368. The molecule has 2 aromatic heterocycles. The minimum atomic E-state index is -0.262. The Kier molecular flexibility index (Phi) is 4.61. The van der Waals surface area contributed by atoms with Crippen molar-refractivity contribution in [3.63, 3.8) is 0 Å². The maximum atomic E-state index is 14.2. The molecule has 0 saturated carbocycles. The van der Waals surface area contributed by atoms with Gasteiger partial charge in [0.1, 0.15) is 12.1 Å². The van der Waals surface area contributed by atoms with E-state index in [1.165, 1.54) is 12.4 Å². The van der Waals surface area contributed by atoms with E-state index < -0.39 is 0 Å². The zero-order chi connectivity index (χ0) is 18.1. The van der Waals surface area contributed by atoms with Crippen molar-refractivity contribution in [3.05, 3.63) is 70.3 Å². The van der Waals surface area contributed by atoms with E-state index in [1.807, 2.05) is 13.1 Å². The van der Waals surface area contributed by atoms with E-state index in [2.05, 4.69) is 24.8 Å². The van der Waals surface area contributed by atoms with Crippen LogP contribution in [0.25, 0.3) is 11.4 Å². The van der Waals surface area contributed by atoms with Crippen molar-refractivity contribution >= 4 is 11.6 Å². The fourth-order valence-electron chi connectivity index (χ4n) is 3.15. The van der Waals surface area contributed by atoms with E-state index in [1.54, 1.807) is 18.5 Å². The first kappa shape index (κ1) is 17.0. The number of benzene rings is 1. The topological polar surface area (TPSA) is 54.8 Å². The van der Waals surface area contributed by atoms with Crippen molar-refractivity contribution in [2.45, 2.75) is 26.4 Å². The van der Waals surface area contributed by atoms with Crippen LogP contribution in [0, 0.1) is 12.7 Å².